The number of hydrogen-bond acceptors (Lipinski definition) is 8. The van der Waals surface area contributed by atoms with Gasteiger partial charge in [-0.05, 0) is 44.7 Å². The molecule has 186 valence electrons. The van der Waals surface area contributed by atoms with E-state index in [2.05, 4.69) is 33.7 Å². The summed E-state index contributed by atoms with van der Waals surface area (Å²) in [5, 5.41) is 0. The van der Waals surface area contributed by atoms with Crippen molar-refractivity contribution in [2.75, 3.05) is 75.8 Å². The Bertz CT molecular complexity index is 1050. The van der Waals surface area contributed by atoms with Crippen LogP contribution in [0.4, 0.5) is 11.8 Å². The van der Waals surface area contributed by atoms with Crippen molar-refractivity contribution in [3.8, 4) is 5.75 Å². The second kappa shape index (κ2) is 10.9. The lowest BCUT2D eigenvalue weighted by molar-refractivity contribution is 0.309. The molecule has 10 heteroatoms. The van der Waals surface area contributed by atoms with E-state index >= 15 is 0 Å². The van der Waals surface area contributed by atoms with Crippen LogP contribution in [0.15, 0.2) is 35.2 Å². The maximum atomic E-state index is 13.2. The Labute approximate surface area is 203 Å². The molecule has 0 unspecified atom stereocenters. The summed E-state index contributed by atoms with van der Waals surface area (Å²) in [6, 6.07) is 8.77. The highest BCUT2D eigenvalue weighted by molar-refractivity contribution is 7.89. The minimum atomic E-state index is -3.55. The lowest BCUT2D eigenvalue weighted by Crippen LogP contribution is -2.49. The van der Waals surface area contributed by atoms with Crippen molar-refractivity contribution in [1.29, 1.82) is 0 Å². The second-order valence-corrected chi connectivity index (χ2v) is 11.0. The number of aryl methyl sites for hydroxylation is 1. The number of piperazine rings is 2. The van der Waals surface area contributed by atoms with Crippen LogP contribution < -0.4 is 14.5 Å². The first kappa shape index (κ1) is 24.7. The Hall–Kier alpha value is -2.43. The van der Waals surface area contributed by atoms with Crippen LogP contribution in [0, 0.1) is 6.92 Å². The molecule has 2 aliphatic heterocycles. The predicted molar refractivity (Wildman–Crippen MR) is 134 cm³/mol. The topological polar surface area (TPSA) is 82.1 Å². The van der Waals surface area contributed by atoms with E-state index in [-0.39, 0.29) is 0 Å². The van der Waals surface area contributed by atoms with Crippen molar-refractivity contribution in [3.05, 3.63) is 36.0 Å². The molecule has 2 fully saturated rings. The number of sulfonamides is 1. The molecule has 0 aliphatic carbocycles. The van der Waals surface area contributed by atoms with Gasteiger partial charge in [0.15, 0.2) is 0 Å². The maximum Gasteiger partial charge on any atom is 0.243 e. The number of benzene rings is 1. The zero-order valence-corrected chi connectivity index (χ0v) is 21.3. The van der Waals surface area contributed by atoms with Crippen LogP contribution >= 0.6 is 0 Å². The van der Waals surface area contributed by atoms with Crippen LogP contribution in [0.5, 0.6) is 5.75 Å². The molecule has 1 aromatic carbocycles. The normalized spacial score (nSPS) is 18.3. The molecule has 2 saturated heterocycles. The Kier molecular flexibility index (Phi) is 7.90. The summed E-state index contributed by atoms with van der Waals surface area (Å²) in [5.41, 5.74) is 0.926. The van der Waals surface area contributed by atoms with Gasteiger partial charge in [-0.2, -0.15) is 9.29 Å². The smallest absolute Gasteiger partial charge is 0.243 e. The first-order valence-electron chi connectivity index (χ1n) is 12.1. The maximum absolute atomic E-state index is 13.2. The highest BCUT2D eigenvalue weighted by atomic mass is 32.2. The Morgan fingerprint density at radius 1 is 0.912 bits per heavy atom. The van der Waals surface area contributed by atoms with Gasteiger partial charge in [-0.25, -0.2) is 13.4 Å². The van der Waals surface area contributed by atoms with Crippen LogP contribution in [0.1, 0.15) is 25.5 Å². The summed E-state index contributed by atoms with van der Waals surface area (Å²) in [7, 11) is -1.41. The first-order chi connectivity index (χ1) is 16.4. The number of hydrogen-bond donors (Lipinski definition) is 0. The van der Waals surface area contributed by atoms with E-state index in [9.17, 15) is 8.42 Å². The van der Waals surface area contributed by atoms with Crippen molar-refractivity contribution in [1.82, 2.24) is 19.2 Å². The molecule has 0 radical (unpaired) electrons. The van der Waals surface area contributed by atoms with E-state index in [1.807, 2.05) is 13.0 Å². The molecule has 2 aromatic rings. The van der Waals surface area contributed by atoms with Crippen LogP contribution in [-0.2, 0) is 10.0 Å². The standard InChI is InChI=1S/C24H36N6O3S/c1-4-5-18-33-21-6-8-22(9-7-21)34(31,32)30-16-14-29(15-17-30)24-25-20(2)19-23(26-24)28-12-10-27(3)11-13-28/h6-9,19H,4-5,10-18H2,1-3H3. The average Bonchev–Trinajstić information content (AvgIpc) is 2.85. The highest BCUT2D eigenvalue weighted by Gasteiger charge is 2.30. The summed E-state index contributed by atoms with van der Waals surface area (Å²) in [4.78, 5) is 16.5. The molecule has 0 spiro atoms. The van der Waals surface area contributed by atoms with Gasteiger partial charge in [0.25, 0.3) is 0 Å². The third kappa shape index (κ3) is 5.79. The van der Waals surface area contributed by atoms with E-state index < -0.39 is 10.0 Å². The molecule has 34 heavy (non-hydrogen) atoms. The fourth-order valence-electron chi connectivity index (χ4n) is 4.20. The molecular formula is C24H36N6O3S. The molecule has 1 aromatic heterocycles. The summed E-state index contributed by atoms with van der Waals surface area (Å²) < 4.78 is 33.5. The zero-order valence-electron chi connectivity index (χ0n) is 20.5. The summed E-state index contributed by atoms with van der Waals surface area (Å²) in [6.45, 7) is 10.6. The number of ether oxygens (including phenoxy) is 1. The molecule has 0 bridgehead atoms. The van der Waals surface area contributed by atoms with Crippen molar-refractivity contribution in [3.63, 3.8) is 0 Å². The summed E-state index contributed by atoms with van der Waals surface area (Å²) in [5.74, 6) is 2.33. The predicted octanol–water partition coefficient (Wildman–Crippen LogP) is 2.23. The second-order valence-electron chi connectivity index (χ2n) is 9.02. The molecule has 0 saturated carbocycles. The summed E-state index contributed by atoms with van der Waals surface area (Å²) >= 11 is 0. The monoisotopic (exact) mass is 488 g/mol. The van der Waals surface area contributed by atoms with Crippen molar-refractivity contribution >= 4 is 21.8 Å². The van der Waals surface area contributed by atoms with Crippen molar-refractivity contribution < 1.29 is 13.2 Å². The molecule has 0 N–H and O–H groups in total. The van der Waals surface area contributed by atoms with Crippen LogP contribution in [0.25, 0.3) is 0 Å². The lowest BCUT2D eigenvalue weighted by atomic mass is 10.3. The van der Waals surface area contributed by atoms with E-state index in [4.69, 9.17) is 9.72 Å². The van der Waals surface area contributed by atoms with Gasteiger partial charge in [0.1, 0.15) is 11.6 Å². The third-order valence-electron chi connectivity index (χ3n) is 6.41. The molecule has 3 heterocycles. The largest absolute Gasteiger partial charge is 0.494 e. The van der Waals surface area contributed by atoms with E-state index in [1.165, 1.54) is 0 Å². The minimum absolute atomic E-state index is 0.299. The quantitative estimate of drug-likeness (QED) is 0.523. The van der Waals surface area contributed by atoms with Crippen molar-refractivity contribution in [2.24, 2.45) is 0 Å². The SMILES string of the molecule is CCCCOc1ccc(S(=O)(=O)N2CCN(c3nc(C)cc(N4CCN(C)CC4)n3)CC2)cc1. The molecule has 4 rings (SSSR count). The number of unbranched alkanes of at least 4 members (excludes halogenated alkanes) is 1. The van der Waals surface area contributed by atoms with Gasteiger partial charge >= 0.3 is 0 Å². The molecule has 9 nitrogen and oxygen atoms in total. The third-order valence-corrected chi connectivity index (χ3v) is 8.32. The molecule has 0 amide bonds. The molecule has 2 aliphatic rings. The number of anilines is 2. The fraction of sp³-hybridized carbons (Fsp3) is 0.583. The van der Waals surface area contributed by atoms with Crippen LogP contribution in [-0.4, -0.2) is 93.6 Å². The number of likely N-dealkylation sites (N-methyl/N-ethyl adjacent to an activating group) is 1. The Morgan fingerprint density at radius 3 is 2.21 bits per heavy atom. The molecular weight excluding hydrogens is 452 g/mol. The Morgan fingerprint density at radius 2 is 1.56 bits per heavy atom. The van der Waals surface area contributed by atoms with Gasteiger partial charge in [-0.15, -0.1) is 0 Å². The van der Waals surface area contributed by atoms with Gasteiger partial charge in [0.05, 0.1) is 11.5 Å². The summed E-state index contributed by atoms with van der Waals surface area (Å²) in [6.07, 6.45) is 2.04. The lowest BCUT2D eigenvalue weighted by Gasteiger charge is -2.36. The Balaban J connectivity index is 1.39. The highest BCUT2D eigenvalue weighted by Crippen LogP contribution is 2.24. The van der Waals surface area contributed by atoms with E-state index in [0.29, 0.717) is 49.4 Å². The van der Waals surface area contributed by atoms with Crippen LogP contribution in [0.2, 0.25) is 0 Å². The first-order valence-corrected chi connectivity index (χ1v) is 13.6. The minimum Gasteiger partial charge on any atom is -0.494 e. The fourth-order valence-corrected chi connectivity index (χ4v) is 5.62. The molecule has 0 atom stereocenters. The van der Waals surface area contributed by atoms with Crippen molar-refractivity contribution in [2.45, 2.75) is 31.6 Å². The van der Waals surface area contributed by atoms with E-state index in [0.717, 1.165) is 50.5 Å². The van der Waals surface area contributed by atoms with Gasteiger partial charge < -0.3 is 19.4 Å². The average molecular weight is 489 g/mol. The van der Waals surface area contributed by atoms with Gasteiger partial charge in [-0.3, -0.25) is 0 Å². The van der Waals surface area contributed by atoms with E-state index in [1.54, 1.807) is 28.6 Å². The van der Waals surface area contributed by atoms with Crippen LogP contribution in [0.3, 0.4) is 0 Å². The zero-order chi connectivity index (χ0) is 24.1. The van der Waals surface area contributed by atoms with Gasteiger partial charge in [0, 0.05) is 64.1 Å². The number of aromatic nitrogens is 2. The van der Waals surface area contributed by atoms with Gasteiger partial charge in [-0.1, -0.05) is 13.3 Å². The number of rotatable bonds is 8. The number of nitrogens with zero attached hydrogens (tertiary/aromatic N) is 6. The van der Waals surface area contributed by atoms with Gasteiger partial charge in [0.2, 0.25) is 16.0 Å².